The van der Waals surface area contributed by atoms with Crippen LogP contribution in [0.2, 0.25) is 0 Å². The lowest BCUT2D eigenvalue weighted by Crippen LogP contribution is -2.30. The van der Waals surface area contributed by atoms with Crippen molar-refractivity contribution < 1.29 is 28.6 Å². The van der Waals surface area contributed by atoms with Crippen LogP contribution >= 0.6 is 0 Å². The molecule has 0 radical (unpaired) electrons. The molecular weight excluding hydrogens is 1010 g/mol. The van der Waals surface area contributed by atoms with Gasteiger partial charge in [0.15, 0.2) is 6.10 Å². The predicted molar refractivity (Wildman–Crippen MR) is 358 cm³/mol. The third kappa shape index (κ3) is 68.4. The summed E-state index contributed by atoms with van der Waals surface area (Å²) in [6.45, 7) is 6.65. The van der Waals surface area contributed by atoms with Gasteiger partial charge in [0.1, 0.15) is 13.2 Å². The summed E-state index contributed by atoms with van der Waals surface area (Å²) in [5.74, 6) is -0.860. The predicted octanol–water partition coefficient (Wildman–Crippen LogP) is 25.5. The first-order chi connectivity index (χ1) is 40.5. The third-order valence-corrected chi connectivity index (χ3v) is 16.9. The molecule has 0 N–H and O–H groups in total. The maximum Gasteiger partial charge on any atom is 0.306 e. The Morgan fingerprint density at radius 3 is 0.720 bits per heavy atom. The highest BCUT2D eigenvalue weighted by atomic mass is 16.6. The molecule has 0 fully saturated rings. The fourth-order valence-corrected chi connectivity index (χ4v) is 11.3. The number of unbranched alkanes of at least 4 members (excludes halogenated alkanes) is 52. The van der Waals surface area contributed by atoms with Crippen LogP contribution in [0.1, 0.15) is 412 Å². The van der Waals surface area contributed by atoms with E-state index in [1.54, 1.807) is 0 Å². The van der Waals surface area contributed by atoms with Gasteiger partial charge in [-0.2, -0.15) is 0 Å². The molecule has 0 aliphatic rings. The van der Waals surface area contributed by atoms with E-state index >= 15 is 0 Å². The third-order valence-electron chi connectivity index (χ3n) is 16.9. The molecule has 6 nitrogen and oxygen atoms in total. The zero-order valence-corrected chi connectivity index (χ0v) is 55.5. The van der Waals surface area contributed by atoms with Crippen LogP contribution in [-0.4, -0.2) is 37.2 Å². The molecule has 0 aromatic rings. The van der Waals surface area contributed by atoms with Gasteiger partial charge in [0.25, 0.3) is 0 Å². The smallest absolute Gasteiger partial charge is 0.306 e. The highest BCUT2D eigenvalue weighted by Crippen LogP contribution is 2.19. The molecule has 0 saturated heterocycles. The van der Waals surface area contributed by atoms with Gasteiger partial charge in [0.2, 0.25) is 0 Å². The van der Waals surface area contributed by atoms with Crippen molar-refractivity contribution in [2.24, 2.45) is 0 Å². The van der Waals surface area contributed by atoms with Crippen molar-refractivity contribution >= 4 is 17.9 Å². The Balaban J connectivity index is 4.09. The largest absolute Gasteiger partial charge is 0.462 e. The number of rotatable bonds is 69. The van der Waals surface area contributed by atoms with Crippen molar-refractivity contribution in [3.8, 4) is 0 Å². The molecular formula is C76H142O6. The second-order valence-electron chi connectivity index (χ2n) is 25.2. The molecule has 6 heteroatoms. The van der Waals surface area contributed by atoms with Crippen LogP contribution in [0.15, 0.2) is 36.5 Å². The van der Waals surface area contributed by atoms with E-state index in [0.29, 0.717) is 19.3 Å². The molecule has 0 heterocycles. The van der Waals surface area contributed by atoms with Crippen LogP contribution in [0, 0.1) is 0 Å². The first-order valence-corrected chi connectivity index (χ1v) is 37.0. The van der Waals surface area contributed by atoms with Gasteiger partial charge in [-0.1, -0.05) is 359 Å². The van der Waals surface area contributed by atoms with Gasteiger partial charge in [-0.05, 0) is 70.6 Å². The molecule has 82 heavy (non-hydrogen) atoms. The minimum Gasteiger partial charge on any atom is -0.462 e. The molecule has 0 bridgehead atoms. The van der Waals surface area contributed by atoms with Gasteiger partial charge < -0.3 is 14.2 Å². The van der Waals surface area contributed by atoms with E-state index in [9.17, 15) is 14.4 Å². The van der Waals surface area contributed by atoms with Crippen LogP contribution in [0.25, 0.3) is 0 Å². The van der Waals surface area contributed by atoms with Crippen molar-refractivity contribution in [1.29, 1.82) is 0 Å². The summed E-state index contributed by atoms with van der Waals surface area (Å²) in [6, 6.07) is 0. The van der Waals surface area contributed by atoms with E-state index in [0.717, 1.165) is 70.6 Å². The molecule has 482 valence electrons. The number of esters is 3. The molecule has 0 aromatic heterocycles. The number of carbonyl (C=O) groups excluding carboxylic acids is 3. The molecule has 0 aliphatic carbocycles. The number of allylic oxidation sites excluding steroid dienone is 6. The molecule has 0 amide bonds. The molecule has 1 unspecified atom stereocenters. The minimum atomic E-state index is -0.777. The highest BCUT2D eigenvalue weighted by molar-refractivity contribution is 5.71. The van der Waals surface area contributed by atoms with E-state index in [2.05, 4.69) is 57.2 Å². The minimum absolute atomic E-state index is 0.0721. The van der Waals surface area contributed by atoms with Gasteiger partial charge in [-0.15, -0.1) is 0 Å². The van der Waals surface area contributed by atoms with Crippen LogP contribution in [-0.2, 0) is 28.6 Å². The second-order valence-corrected chi connectivity index (χ2v) is 25.2. The Bertz CT molecular complexity index is 1370. The summed E-state index contributed by atoms with van der Waals surface area (Å²) in [6.07, 6.45) is 89.2. The van der Waals surface area contributed by atoms with Crippen molar-refractivity contribution in [1.82, 2.24) is 0 Å². The lowest BCUT2D eigenvalue weighted by Gasteiger charge is -2.18. The van der Waals surface area contributed by atoms with E-state index in [-0.39, 0.29) is 31.1 Å². The Labute approximate surface area is 512 Å². The van der Waals surface area contributed by atoms with Gasteiger partial charge in [0.05, 0.1) is 0 Å². The average Bonchev–Trinajstić information content (AvgIpc) is 3.48. The van der Waals surface area contributed by atoms with Crippen molar-refractivity contribution in [2.75, 3.05) is 13.2 Å². The number of hydrogen-bond donors (Lipinski definition) is 0. The van der Waals surface area contributed by atoms with Gasteiger partial charge in [-0.3, -0.25) is 14.4 Å². The van der Waals surface area contributed by atoms with Gasteiger partial charge >= 0.3 is 17.9 Å². The van der Waals surface area contributed by atoms with E-state index in [1.807, 2.05) is 0 Å². The highest BCUT2D eigenvalue weighted by Gasteiger charge is 2.19. The topological polar surface area (TPSA) is 78.9 Å². The SMILES string of the molecule is CCCC/C=C\CCCCCCCC(=O)OCC(COC(=O)CCCCCCCCCCCCCCCCCCCCCCCCCCCCCCCCCC)OC(=O)CCCCCCCCCCC/C=C\C/C=C\CCCCCCC. The average molecular weight is 1150 g/mol. The lowest BCUT2D eigenvalue weighted by molar-refractivity contribution is -0.167. The van der Waals surface area contributed by atoms with E-state index in [4.69, 9.17) is 14.2 Å². The molecule has 0 aliphatic heterocycles. The molecule has 0 aromatic carbocycles. The van der Waals surface area contributed by atoms with E-state index in [1.165, 1.54) is 302 Å². The van der Waals surface area contributed by atoms with Crippen molar-refractivity contribution in [3.05, 3.63) is 36.5 Å². The maximum atomic E-state index is 12.9. The Hall–Kier alpha value is -2.37. The molecule has 0 saturated carbocycles. The fraction of sp³-hybridized carbons (Fsp3) is 0.882. The summed E-state index contributed by atoms with van der Waals surface area (Å²) in [5.41, 5.74) is 0. The standard InChI is InChI=1S/C76H142O6/c1-4-7-10-13-16-19-22-24-26-28-30-32-33-34-35-36-37-38-39-40-41-42-44-45-47-49-51-54-57-60-63-66-69-75(78)81-72-73(71-80-74(77)68-65-62-59-56-53-21-18-15-12-9-6-3)82-76(79)70-67-64-61-58-55-52-50-48-46-43-31-29-27-25-23-20-17-14-11-8-5-2/h15,18,23,25,29,31,73H,4-14,16-17,19-22,24,26-28,30,32-72H2,1-3H3/b18-15-,25-23-,31-29-. The molecule has 0 spiro atoms. The zero-order valence-electron chi connectivity index (χ0n) is 55.5. The first kappa shape index (κ1) is 79.6. The lowest BCUT2D eigenvalue weighted by atomic mass is 10.0. The quantitative estimate of drug-likeness (QED) is 0.0261. The summed E-state index contributed by atoms with van der Waals surface area (Å²) in [7, 11) is 0. The summed E-state index contributed by atoms with van der Waals surface area (Å²) in [5, 5.41) is 0. The summed E-state index contributed by atoms with van der Waals surface area (Å²) < 4.78 is 17.0. The van der Waals surface area contributed by atoms with Crippen LogP contribution < -0.4 is 0 Å². The Morgan fingerprint density at radius 1 is 0.244 bits per heavy atom. The first-order valence-electron chi connectivity index (χ1n) is 37.0. The van der Waals surface area contributed by atoms with E-state index < -0.39 is 6.10 Å². The van der Waals surface area contributed by atoms with Crippen LogP contribution in [0.3, 0.4) is 0 Å². The number of ether oxygens (including phenoxy) is 3. The Kier molecular flexibility index (Phi) is 69.1. The zero-order chi connectivity index (χ0) is 59.2. The second kappa shape index (κ2) is 71.1. The van der Waals surface area contributed by atoms with Gasteiger partial charge in [-0.25, -0.2) is 0 Å². The molecule has 0 rings (SSSR count). The van der Waals surface area contributed by atoms with Crippen molar-refractivity contribution in [2.45, 2.75) is 419 Å². The Morgan fingerprint density at radius 2 is 0.451 bits per heavy atom. The number of carbonyl (C=O) groups is 3. The molecule has 1 atom stereocenters. The van der Waals surface area contributed by atoms with Crippen LogP contribution in [0.4, 0.5) is 0 Å². The fourth-order valence-electron chi connectivity index (χ4n) is 11.3. The van der Waals surface area contributed by atoms with Crippen molar-refractivity contribution in [3.63, 3.8) is 0 Å². The summed E-state index contributed by atoms with van der Waals surface area (Å²) in [4.78, 5) is 38.4. The number of hydrogen-bond acceptors (Lipinski definition) is 6. The normalized spacial score (nSPS) is 12.2. The van der Waals surface area contributed by atoms with Gasteiger partial charge in [0, 0.05) is 19.3 Å². The summed E-state index contributed by atoms with van der Waals surface area (Å²) >= 11 is 0. The maximum absolute atomic E-state index is 12.9. The van der Waals surface area contributed by atoms with Crippen LogP contribution in [0.5, 0.6) is 0 Å². The monoisotopic (exact) mass is 1150 g/mol.